The van der Waals surface area contributed by atoms with Crippen LogP contribution in [-0.2, 0) is 0 Å². The Balaban J connectivity index is 2.19. The Morgan fingerprint density at radius 2 is 2.00 bits per heavy atom. The van der Waals surface area contributed by atoms with Gasteiger partial charge >= 0.3 is 0 Å². The highest BCUT2D eigenvalue weighted by Crippen LogP contribution is 2.19. The number of halogens is 1. The molecule has 1 aromatic heterocycles. The van der Waals surface area contributed by atoms with E-state index in [0.29, 0.717) is 17.9 Å². The van der Waals surface area contributed by atoms with E-state index in [2.05, 4.69) is 10.2 Å². The number of aromatic amines is 1. The second kappa shape index (κ2) is 6.27. The maximum absolute atomic E-state index is 12.9. The summed E-state index contributed by atoms with van der Waals surface area (Å²) in [5, 5.41) is 16.7. The van der Waals surface area contributed by atoms with E-state index in [9.17, 15) is 14.3 Å². The molecule has 0 unspecified atom stereocenters. The third-order valence-corrected chi connectivity index (χ3v) is 3.19. The van der Waals surface area contributed by atoms with Gasteiger partial charge in [0.1, 0.15) is 11.5 Å². The Labute approximate surface area is 128 Å². The number of nitrogens with one attached hydrogen (secondary N) is 1. The van der Waals surface area contributed by atoms with Gasteiger partial charge in [0.25, 0.3) is 5.91 Å². The van der Waals surface area contributed by atoms with Crippen molar-refractivity contribution < 1.29 is 14.3 Å². The number of amides is 1. The number of hydrogen-bond donors (Lipinski definition) is 2. The highest BCUT2D eigenvalue weighted by molar-refractivity contribution is 5.93. The fraction of sp³-hybridized carbons (Fsp3) is 0.375. The summed E-state index contributed by atoms with van der Waals surface area (Å²) in [6, 6.07) is 7.53. The molecule has 2 N–H and O–H groups in total. The lowest BCUT2D eigenvalue weighted by atomic mass is 10.1. The molecular formula is C16H20FN3O2. The van der Waals surface area contributed by atoms with E-state index in [0.717, 1.165) is 5.56 Å². The normalized spacial score (nSPS) is 11.5. The van der Waals surface area contributed by atoms with Gasteiger partial charge < -0.3 is 10.0 Å². The van der Waals surface area contributed by atoms with E-state index in [4.69, 9.17) is 0 Å². The largest absolute Gasteiger partial charge is 0.389 e. The maximum atomic E-state index is 12.9. The average Bonchev–Trinajstić information content (AvgIpc) is 2.93. The van der Waals surface area contributed by atoms with Crippen LogP contribution in [0.2, 0.25) is 0 Å². The van der Waals surface area contributed by atoms with Crippen LogP contribution in [0, 0.1) is 5.82 Å². The molecule has 0 spiro atoms. The van der Waals surface area contributed by atoms with E-state index >= 15 is 0 Å². The van der Waals surface area contributed by atoms with Gasteiger partial charge in [-0.25, -0.2) is 4.39 Å². The molecule has 0 saturated carbocycles. The molecule has 0 aliphatic heterocycles. The van der Waals surface area contributed by atoms with Crippen LogP contribution in [-0.4, -0.2) is 44.8 Å². The van der Waals surface area contributed by atoms with Crippen LogP contribution in [0.5, 0.6) is 0 Å². The minimum atomic E-state index is -0.967. The first kappa shape index (κ1) is 16.2. The molecule has 0 saturated heterocycles. The van der Waals surface area contributed by atoms with Crippen molar-refractivity contribution in [3.63, 3.8) is 0 Å². The molecule has 1 amide bonds. The summed E-state index contributed by atoms with van der Waals surface area (Å²) in [6.07, 6.45) is 0. The maximum Gasteiger partial charge on any atom is 0.271 e. The summed E-state index contributed by atoms with van der Waals surface area (Å²) in [5.41, 5.74) is 0.668. The first-order valence-corrected chi connectivity index (χ1v) is 7.13. The topological polar surface area (TPSA) is 69.2 Å². The predicted molar refractivity (Wildman–Crippen MR) is 81.9 cm³/mol. The van der Waals surface area contributed by atoms with Gasteiger partial charge in [0.15, 0.2) is 0 Å². The summed E-state index contributed by atoms with van der Waals surface area (Å²) < 4.78 is 12.9. The monoisotopic (exact) mass is 305 g/mol. The SMILES string of the molecule is CCN(CC(C)(C)O)C(=O)c1cc(-c2ccc(F)cc2)n[nH]1. The number of carbonyl (C=O) groups excluding carboxylic acids is 1. The minimum absolute atomic E-state index is 0.229. The fourth-order valence-corrected chi connectivity index (χ4v) is 2.16. The Morgan fingerprint density at radius 1 is 1.36 bits per heavy atom. The second-order valence-corrected chi connectivity index (χ2v) is 5.81. The van der Waals surface area contributed by atoms with Crippen molar-refractivity contribution in [1.29, 1.82) is 0 Å². The van der Waals surface area contributed by atoms with Gasteiger partial charge in [-0.1, -0.05) is 0 Å². The second-order valence-electron chi connectivity index (χ2n) is 5.81. The molecular weight excluding hydrogens is 285 g/mol. The van der Waals surface area contributed by atoms with Crippen LogP contribution >= 0.6 is 0 Å². The minimum Gasteiger partial charge on any atom is -0.389 e. The van der Waals surface area contributed by atoms with Crippen molar-refractivity contribution in [2.45, 2.75) is 26.4 Å². The zero-order valence-corrected chi connectivity index (χ0v) is 12.9. The molecule has 2 aromatic rings. The molecule has 5 nitrogen and oxygen atoms in total. The van der Waals surface area contributed by atoms with Crippen molar-refractivity contribution in [2.24, 2.45) is 0 Å². The lowest BCUT2D eigenvalue weighted by Gasteiger charge is -2.27. The van der Waals surface area contributed by atoms with Crippen LogP contribution in [0.3, 0.4) is 0 Å². The predicted octanol–water partition coefficient (Wildman–Crippen LogP) is 2.45. The van der Waals surface area contributed by atoms with Crippen molar-refractivity contribution >= 4 is 5.91 Å². The van der Waals surface area contributed by atoms with Gasteiger partial charge in [0.2, 0.25) is 0 Å². The van der Waals surface area contributed by atoms with Gasteiger partial charge in [-0.05, 0) is 51.1 Å². The average molecular weight is 305 g/mol. The number of H-pyrrole nitrogens is 1. The quantitative estimate of drug-likeness (QED) is 0.891. The Bertz CT molecular complexity index is 644. The van der Waals surface area contributed by atoms with Gasteiger partial charge in [-0.15, -0.1) is 0 Å². The van der Waals surface area contributed by atoms with Crippen molar-refractivity contribution in [3.8, 4) is 11.3 Å². The smallest absolute Gasteiger partial charge is 0.271 e. The van der Waals surface area contributed by atoms with Gasteiger partial charge in [0.05, 0.1) is 11.3 Å². The molecule has 6 heteroatoms. The Kier molecular flexibility index (Phi) is 4.61. The molecule has 0 aliphatic rings. The number of aromatic nitrogens is 2. The summed E-state index contributed by atoms with van der Waals surface area (Å²) in [5.74, 6) is -0.552. The van der Waals surface area contributed by atoms with Gasteiger partial charge in [-0.3, -0.25) is 9.89 Å². The van der Waals surface area contributed by atoms with Crippen molar-refractivity contribution in [1.82, 2.24) is 15.1 Å². The van der Waals surface area contributed by atoms with Crippen LogP contribution in [0.1, 0.15) is 31.3 Å². The molecule has 0 bridgehead atoms. The van der Waals surface area contributed by atoms with Gasteiger partial charge in [0, 0.05) is 18.7 Å². The van der Waals surface area contributed by atoms with Gasteiger partial charge in [-0.2, -0.15) is 5.10 Å². The van der Waals surface area contributed by atoms with Crippen LogP contribution in [0.25, 0.3) is 11.3 Å². The standard InChI is InChI=1S/C16H20FN3O2/c1-4-20(10-16(2,3)22)15(21)14-9-13(18-19-14)11-5-7-12(17)8-6-11/h5-9,22H,4,10H2,1-3H3,(H,18,19). The number of likely N-dealkylation sites (N-methyl/N-ethyl adjacent to an activating group) is 1. The van der Waals surface area contributed by atoms with E-state index in [1.165, 1.54) is 12.1 Å². The number of benzene rings is 1. The highest BCUT2D eigenvalue weighted by Gasteiger charge is 2.23. The lowest BCUT2D eigenvalue weighted by molar-refractivity contribution is 0.0311. The van der Waals surface area contributed by atoms with E-state index in [-0.39, 0.29) is 18.3 Å². The zero-order chi connectivity index (χ0) is 16.3. The highest BCUT2D eigenvalue weighted by atomic mass is 19.1. The van der Waals surface area contributed by atoms with Crippen molar-refractivity contribution in [3.05, 3.63) is 41.8 Å². The molecule has 2 rings (SSSR count). The Morgan fingerprint density at radius 3 is 2.55 bits per heavy atom. The lowest BCUT2D eigenvalue weighted by Crippen LogP contribution is -2.42. The molecule has 118 valence electrons. The Hall–Kier alpha value is -2.21. The summed E-state index contributed by atoms with van der Waals surface area (Å²) in [7, 11) is 0. The third-order valence-electron chi connectivity index (χ3n) is 3.19. The molecule has 0 aliphatic carbocycles. The van der Waals surface area contributed by atoms with E-state index < -0.39 is 5.60 Å². The molecule has 1 heterocycles. The number of rotatable bonds is 5. The number of hydrogen-bond acceptors (Lipinski definition) is 3. The van der Waals surface area contributed by atoms with E-state index in [1.54, 1.807) is 36.9 Å². The number of nitrogens with zero attached hydrogens (tertiary/aromatic N) is 2. The summed E-state index contributed by atoms with van der Waals surface area (Å²) >= 11 is 0. The fourth-order valence-electron chi connectivity index (χ4n) is 2.16. The number of aliphatic hydroxyl groups is 1. The summed E-state index contributed by atoms with van der Waals surface area (Å²) in [6.45, 7) is 5.86. The van der Waals surface area contributed by atoms with Crippen LogP contribution < -0.4 is 0 Å². The zero-order valence-electron chi connectivity index (χ0n) is 12.9. The van der Waals surface area contributed by atoms with Crippen LogP contribution in [0.15, 0.2) is 30.3 Å². The molecule has 0 fully saturated rings. The number of carbonyl (C=O) groups is 1. The molecule has 1 aromatic carbocycles. The van der Waals surface area contributed by atoms with E-state index in [1.807, 2.05) is 6.92 Å². The van der Waals surface area contributed by atoms with Crippen molar-refractivity contribution in [2.75, 3.05) is 13.1 Å². The third kappa shape index (κ3) is 3.92. The first-order chi connectivity index (χ1) is 10.3. The van der Waals surface area contributed by atoms with Crippen LogP contribution in [0.4, 0.5) is 4.39 Å². The summed E-state index contributed by atoms with van der Waals surface area (Å²) in [4.78, 5) is 14.0. The molecule has 0 atom stereocenters. The molecule has 22 heavy (non-hydrogen) atoms. The molecule has 0 radical (unpaired) electrons. The first-order valence-electron chi connectivity index (χ1n) is 7.13.